The van der Waals surface area contributed by atoms with Crippen molar-refractivity contribution in [2.75, 3.05) is 5.32 Å². The molecule has 0 radical (unpaired) electrons. The van der Waals surface area contributed by atoms with Crippen LogP contribution in [0.4, 0.5) is 5.69 Å². The molecule has 0 saturated carbocycles. The molecule has 6 nitrogen and oxygen atoms in total. The molecule has 2 rings (SSSR count). The van der Waals surface area contributed by atoms with Crippen molar-refractivity contribution in [1.82, 2.24) is 15.0 Å². The number of nitrogens with one attached hydrogen (secondary N) is 1. The van der Waals surface area contributed by atoms with Crippen LogP contribution < -0.4 is 11.1 Å². The van der Waals surface area contributed by atoms with Gasteiger partial charge in [0, 0.05) is 12.1 Å². The predicted molar refractivity (Wildman–Crippen MR) is 76.9 cm³/mol. The fraction of sp³-hybridized carbons (Fsp3) is 0.357. The number of nitrogens with two attached hydrogens (primary N) is 1. The minimum Gasteiger partial charge on any atom is -0.326 e. The maximum Gasteiger partial charge on any atom is 0.226 e. The molecular weight excluding hydrogens is 254 g/mol. The number of aryl methyl sites for hydroxylation is 1. The van der Waals surface area contributed by atoms with Crippen molar-refractivity contribution < 1.29 is 4.79 Å². The predicted octanol–water partition coefficient (Wildman–Crippen LogP) is 1.50. The van der Waals surface area contributed by atoms with Gasteiger partial charge < -0.3 is 11.1 Å². The zero-order valence-electron chi connectivity index (χ0n) is 11.7. The van der Waals surface area contributed by atoms with Gasteiger partial charge in [-0.15, -0.1) is 5.10 Å². The molecule has 0 aliphatic rings. The first-order valence-corrected chi connectivity index (χ1v) is 6.49. The lowest BCUT2D eigenvalue weighted by atomic mass is 10.0. The highest BCUT2D eigenvalue weighted by molar-refractivity contribution is 5.90. The number of benzene rings is 1. The van der Waals surface area contributed by atoms with Gasteiger partial charge in [-0.3, -0.25) is 9.48 Å². The molecule has 1 aromatic heterocycles. The molecule has 0 atom stereocenters. The number of hydrogen-bond donors (Lipinski definition) is 2. The van der Waals surface area contributed by atoms with Crippen LogP contribution in [0.15, 0.2) is 36.5 Å². The summed E-state index contributed by atoms with van der Waals surface area (Å²) in [6, 6.07) is 9.36. The Labute approximate surface area is 118 Å². The van der Waals surface area contributed by atoms with Gasteiger partial charge in [0.1, 0.15) is 5.69 Å². The fourth-order valence-corrected chi connectivity index (χ4v) is 1.66. The third-order valence-corrected chi connectivity index (χ3v) is 2.82. The largest absolute Gasteiger partial charge is 0.326 e. The summed E-state index contributed by atoms with van der Waals surface area (Å²) in [6.07, 6.45) is 2.11. The molecule has 1 heterocycles. The second-order valence-corrected chi connectivity index (χ2v) is 5.25. The highest BCUT2D eigenvalue weighted by Gasteiger charge is 2.18. The van der Waals surface area contributed by atoms with Crippen LogP contribution in [0.2, 0.25) is 0 Å². The maximum atomic E-state index is 11.8. The average molecular weight is 273 g/mol. The van der Waals surface area contributed by atoms with Crippen LogP contribution in [0.5, 0.6) is 0 Å². The van der Waals surface area contributed by atoms with Crippen molar-refractivity contribution in [2.24, 2.45) is 5.73 Å². The van der Waals surface area contributed by atoms with Crippen LogP contribution in [0, 0.1) is 0 Å². The van der Waals surface area contributed by atoms with Crippen LogP contribution in [-0.2, 0) is 16.9 Å². The second kappa shape index (κ2) is 5.83. The number of rotatable bonds is 5. The first kappa shape index (κ1) is 14.2. The van der Waals surface area contributed by atoms with E-state index in [1.54, 1.807) is 10.9 Å². The molecule has 0 spiro atoms. The van der Waals surface area contributed by atoms with Gasteiger partial charge in [-0.1, -0.05) is 23.4 Å². The van der Waals surface area contributed by atoms with E-state index in [2.05, 4.69) is 15.6 Å². The minimum atomic E-state index is -0.523. The van der Waals surface area contributed by atoms with E-state index >= 15 is 0 Å². The third kappa shape index (κ3) is 3.89. The van der Waals surface area contributed by atoms with E-state index in [0.717, 1.165) is 5.69 Å². The number of carbonyl (C=O) groups is 1. The topological polar surface area (TPSA) is 85.8 Å². The second-order valence-electron chi connectivity index (χ2n) is 5.25. The highest BCUT2D eigenvalue weighted by Crippen LogP contribution is 2.12. The summed E-state index contributed by atoms with van der Waals surface area (Å²) in [4.78, 5) is 11.8. The molecule has 106 valence electrons. The minimum absolute atomic E-state index is 0.0553. The molecule has 0 bridgehead atoms. The van der Waals surface area contributed by atoms with Gasteiger partial charge >= 0.3 is 0 Å². The molecule has 20 heavy (non-hydrogen) atoms. The molecule has 1 aromatic carbocycles. The number of aromatic nitrogens is 3. The van der Waals surface area contributed by atoms with Crippen molar-refractivity contribution >= 4 is 11.6 Å². The molecule has 0 fully saturated rings. The summed E-state index contributed by atoms with van der Waals surface area (Å²) < 4.78 is 1.63. The van der Waals surface area contributed by atoms with Crippen molar-refractivity contribution in [1.29, 1.82) is 0 Å². The van der Waals surface area contributed by atoms with Crippen LogP contribution in [-0.4, -0.2) is 20.9 Å². The monoisotopic (exact) mass is 273 g/mol. The van der Waals surface area contributed by atoms with Gasteiger partial charge in [-0.05, 0) is 26.0 Å². The van der Waals surface area contributed by atoms with Gasteiger partial charge in [-0.25, -0.2) is 0 Å². The Kier molecular flexibility index (Phi) is 4.14. The molecule has 0 unspecified atom stereocenters. The number of anilines is 1. The van der Waals surface area contributed by atoms with Crippen LogP contribution in [0.1, 0.15) is 26.0 Å². The number of para-hydroxylation sites is 1. The molecule has 6 heteroatoms. The molecule has 3 N–H and O–H groups in total. The van der Waals surface area contributed by atoms with Crippen LogP contribution in [0.25, 0.3) is 0 Å². The SMILES string of the molecule is CC(C)(N)c1cn(CCC(=O)Nc2ccccc2)nn1. The molecule has 2 aromatic rings. The summed E-state index contributed by atoms with van der Waals surface area (Å²) in [6.45, 7) is 4.20. The first-order valence-electron chi connectivity index (χ1n) is 6.49. The Bertz CT molecular complexity index is 571. The van der Waals surface area contributed by atoms with E-state index in [-0.39, 0.29) is 5.91 Å². The maximum absolute atomic E-state index is 11.8. The number of hydrogen-bond acceptors (Lipinski definition) is 4. The Morgan fingerprint density at radius 1 is 1.35 bits per heavy atom. The van der Waals surface area contributed by atoms with Crippen molar-refractivity contribution in [3.63, 3.8) is 0 Å². The van der Waals surface area contributed by atoms with E-state index in [1.165, 1.54) is 0 Å². The summed E-state index contributed by atoms with van der Waals surface area (Å²) in [5, 5.41) is 10.8. The zero-order valence-corrected chi connectivity index (χ0v) is 11.7. The van der Waals surface area contributed by atoms with E-state index < -0.39 is 5.54 Å². The lowest BCUT2D eigenvalue weighted by Crippen LogP contribution is -2.29. The zero-order chi connectivity index (χ0) is 14.6. The van der Waals surface area contributed by atoms with Crippen LogP contribution in [0.3, 0.4) is 0 Å². The average Bonchev–Trinajstić information content (AvgIpc) is 2.86. The van der Waals surface area contributed by atoms with E-state index in [0.29, 0.717) is 18.7 Å². The van der Waals surface area contributed by atoms with E-state index in [4.69, 9.17) is 5.73 Å². The summed E-state index contributed by atoms with van der Waals surface area (Å²) >= 11 is 0. The van der Waals surface area contributed by atoms with Crippen molar-refractivity contribution in [3.05, 3.63) is 42.2 Å². The van der Waals surface area contributed by atoms with Gasteiger partial charge in [0.2, 0.25) is 5.91 Å². The fourth-order valence-electron chi connectivity index (χ4n) is 1.66. The lowest BCUT2D eigenvalue weighted by Gasteiger charge is -2.13. The van der Waals surface area contributed by atoms with E-state index in [9.17, 15) is 4.79 Å². The normalized spacial score (nSPS) is 11.3. The van der Waals surface area contributed by atoms with Crippen LogP contribution >= 0.6 is 0 Å². The number of carbonyl (C=O) groups excluding carboxylic acids is 1. The van der Waals surface area contributed by atoms with Gasteiger partial charge in [-0.2, -0.15) is 0 Å². The number of nitrogens with zero attached hydrogens (tertiary/aromatic N) is 3. The smallest absolute Gasteiger partial charge is 0.226 e. The van der Waals surface area contributed by atoms with Gasteiger partial charge in [0.05, 0.1) is 18.3 Å². The standard InChI is InChI=1S/C14H19N5O/c1-14(2,15)12-10-19(18-17-12)9-8-13(20)16-11-6-4-3-5-7-11/h3-7,10H,8-9,15H2,1-2H3,(H,16,20). The molecule has 0 aliphatic heterocycles. The van der Waals surface area contributed by atoms with Gasteiger partial charge in [0.25, 0.3) is 0 Å². The molecule has 0 saturated heterocycles. The van der Waals surface area contributed by atoms with Crippen molar-refractivity contribution in [2.45, 2.75) is 32.4 Å². The third-order valence-electron chi connectivity index (χ3n) is 2.82. The summed E-state index contributed by atoms with van der Waals surface area (Å²) in [5.74, 6) is -0.0553. The summed E-state index contributed by atoms with van der Waals surface area (Å²) in [7, 11) is 0. The Hall–Kier alpha value is -2.21. The van der Waals surface area contributed by atoms with Gasteiger partial charge in [0.15, 0.2) is 0 Å². The lowest BCUT2D eigenvalue weighted by molar-refractivity contribution is -0.116. The molecule has 0 aliphatic carbocycles. The molecular formula is C14H19N5O. The van der Waals surface area contributed by atoms with Crippen molar-refractivity contribution in [3.8, 4) is 0 Å². The Balaban J connectivity index is 1.86. The number of amides is 1. The summed E-state index contributed by atoms with van der Waals surface area (Å²) in [5.41, 5.74) is 6.91. The van der Waals surface area contributed by atoms with E-state index in [1.807, 2.05) is 44.2 Å². The quantitative estimate of drug-likeness (QED) is 0.864. The Morgan fingerprint density at radius 3 is 2.65 bits per heavy atom. The Morgan fingerprint density at radius 2 is 2.05 bits per heavy atom. The highest BCUT2D eigenvalue weighted by atomic mass is 16.1. The molecule has 1 amide bonds. The first-order chi connectivity index (χ1) is 9.45.